The van der Waals surface area contributed by atoms with E-state index >= 15 is 0 Å². The molecular weight excluding hydrogens is 254 g/mol. The first-order valence-electron chi connectivity index (χ1n) is 6.70. The van der Waals surface area contributed by atoms with Gasteiger partial charge in [-0.15, -0.1) is 11.3 Å². The molecule has 0 aliphatic rings. The minimum Gasteiger partial charge on any atom is -0.395 e. The average molecular weight is 275 g/mol. The van der Waals surface area contributed by atoms with Crippen molar-refractivity contribution in [2.24, 2.45) is 0 Å². The van der Waals surface area contributed by atoms with Gasteiger partial charge in [0, 0.05) is 16.7 Å². The number of hydrogen-bond acceptors (Lipinski definition) is 3. The fourth-order valence-corrected chi connectivity index (χ4v) is 3.46. The van der Waals surface area contributed by atoms with Gasteiger partial charge in [-0.2, -0.15) is 0 Å². The Labute approximate surface area is 119 Å². The molecule has 3 heteroatoms. The van der Waals surface area contributed by atoms with E-state index < -0.39 is 0 Å². The van der Waals surface area contributed by atoms with Crippen LogP contribution >= 0.6 is 11.3 Å². The van der Waals surface area contributed by atoms with E-state index in [4.69, 9.17) is 0 Å². The predicted octanol–water partition coefficient (Wildman–Crippen LogP) is 3.64. The summed E-state index contributed by atoms with van der Waals surface area (Å²) in [6.45, 7) is 6.44. The SMILES string of the molecule is CCC(CO)(Cc1nc(C)c(C)s1)c1ccccc1. The molecule has 1 N–H and O–H groups in total. The highest BCUT2D eigenvalue weighted by molar-refractivity contribution is 7.11. The highest BCUT2D eigenvalue weighted by Gasteiger charge is 2.31. The number of aryl methyl sites for hydroxylation is 2. The van der Waals surface area contributed by atoms with Crippen molar-refractivity contribution >= 4 is 11.3 Å². The maximum absolute atomic E-state index is 9.94. The van der Waals surface area contributed by atoms with Crippen molar-refractivity contribution in [2.45, 2.75) is 39.0 Å². The predicted molar refractivity (Wildman–Crippen MR) is 80.8 cm³/mol. The molecule has 0 spiro atoms. The molecular formula is C16H21NOS. The Morgan fingerprint density at radius 2 is 1.89 bits per heavy atom. The maximum atomic E-state index is 9.94. The van der Waals surface area contributed by atoms with Crippen LogP contribution in [0.4, 0.5) is 0 Å². The first kappa shape index (κ1) is 14.2. The van der Waals surface area contributed by atoms with Crippen molar-refractivity contribution in [3.05, 3.63) is 51.5 Å². The Bertz CT molecular complexity index is 509. The molecule has 0 aliphatic heterocycles. The minimum absolute atomic E-state index is 0.158. The monoisotopic (exact) mass is 275 g/mol. The molecule has 0 fully saturated rings. The molecule has 1 aromatic carbocycles. The summed E-state index contributed by atoms with van der Waals surface area (Å²) in [4.78, 5) is 5.89. The summed E-state index contributed by atoms with van der Waals surface area (Å²) in [5.74, 6) is 0. The van der Waals surface area contributed by atoms with Crippen LogP contribution in [0, 0.1) is 13.8 Å². The zero-order valence-corrected chi connectivity index (χ0v) is 12.6. The van der Waals surface area contributed by atoms with Crippen LogP contribution in [0.3, 0.4) is 0 Å². The highest BCUT2D eigenvalue weighted by atomic mass is 32.1. The lowest BCUT2D eigenvalue weighted by atomic mass is 9.76. The van der Waals surface area contributed by atoms with Crippen LogP contribution in [0.2, 0.25) is 0 Å². The van der Waals surface area contributed by atoms with Gasteiger partial charge >= 0.3 is 0 Å². The smallest absolute Gasteiger partial charge is 0.0940 e. The van der Waals surface area contributed by atoms with Crippen LogP contribution in [0.25, 0.3) is 0 Å². The molecule has 2 nitrogen and oxygen atoms in total. The molecule has 1 heterocycles. The molecule has 0 saturated carbocycles. The first-order chi connectivity index (χ1) is 9.11. The summed E-state index contributed by atoms with van der Waals surface area (Å²) in [6, 6.07) is 10.3. The molecule has 1 unspecified atom stereocenters. The number of thiazole rings is 1. The molecule has 2 aromatic rings. The van der Waals surface area contributed by atoms with E-state index in [1.807, 2.05) is 25.1 Å². The van der Waals surface area contributed by atoms with Gasteiger partial charge in [0.25, 0.3) is 0 Å². The number of nitrogens with zero attached hydrogens (tertiary/aromatic N) is 1. The Morgan fingerprint density at radius 1 is 1.21 bits per heavy atom. The third-order valence-electron chi connectivity index (χ3n) is 3.93. The van der Waals surface area contributed by atoms with Gasteiger partial charge in [-0.3, -0.25) is 0 Å². The van der Waals surface area contributed by atoms with Crippen molar-refractivity contribution < 1.29 is 5.11 Å². The molecule has 102 valence electrons. The van der Waals surface area contributed by atoms with E-state index in [2.05, 4.69) is 31.0 Å². The zero-order valence-electron chi connectivity index (χ0n) is 11.8. The largest absolute Gasteiger partial charge is 0.395 e. The Hall–Kier alpha value is -1.19. The molecule has 0 radical (unpaired) electrons. The number of aliphatic hydroxyl groups excluding tert-OH is 1. The van der Waals surface area contributed by atoms with Gasteiger partial charge in [-0.1, -0.05) is 37.3 Å². The molecule has 0 amide bonds. The first-order valence-corrected chi connectivity index (χ1v) is 7.52. The van der Waals surface area contributed by atoms with Gasteiger partial charge < -0.3 is 5.11 Å². The molecule has 0 saturated heterocycles. The van der Waals surface area contributed by atoms with Gasteiger partial charge in [-0.25, -0.2) is 4.98 Å². The van der Waals surface area contributed by atoms with Gasteiger partial charge in [0.05, 0.1) is 17.3 Å². The van der Waals surface area contributed by atoms with Crippen LogP contribution in [-0.4, -0.2) is 16.7 Å². The normalized spacial score (nSPS) is 14.3. The molecule has 2 rings (SSSR count). The summed E-state index contributed by atoms with van der Waals surface area (Å²) in [5.41, 5.74) is 2.10. The van der Waals surface area contributed by atoms with Crippen molar-refractivity contribution in [1.82, 2.24) is 4.98 Å². The number of benzene rings is 1. The lowest BCUT2D eigenvalue weighted by molar-refractivity contribution is 0.186. The number of aliphatic hydroxyl groups is 1. The van der Waals surface area contributed by atoms with Crippen LogP contribution < -0.4 is 0 Å². The van der Waals surface area contributed by atoms with E-state index in [-0.39, 0.29) is 12.0 Å². The maximum Gasteiger partial charge on any atom is 0.0940 e. The number of rotatable bonds is 5. The second-order valence-corrected chi connectivity index (χ2v) is 6.37. The molecule has 19 heavy (non-hydrogen) atoms. The fourth-order valence-electron chi connectivity index (χ4n) is 2.39. The third kappa shape index (κ3) is 2.88. The third-order valence-corrected chi connectivity index (χ3v) is 5.00. The minimum atomic E-state index is -0.210. The van der Waals surface area contributed by atoms with Crippen LogP contribution in [0.15, 0.2) is 30.3 Å². The highest BCUT2D eigenvalue weighted by Crippen LogP contribution is 2.33. The van der Waals surface area contributed by atoms with Crippen LogP contribution in [-0.2, 0) is 11.8 Å². The molecule has 0 bridgehead atoms. The van der Waals surface area contributed by atoms with Crippen LogP contribution in [0.1, 0.15) is 34.5 Å². The summed E-state index contributed by atoms with van der Waals surface area (Å²) in [6.07, 6.45) is 1.72. The van der Waals surface area contributed by atoms with E-state index in [1.54, 1.807) is 11.3 Å². The van der Waals surface area contributed by atoms with Crippen molar-refractivity contribution in [3.63, 3.8) is 0 Å². The Morgan fingerprint density at radius 3 is 2.37 bits per heavy atom. The van der Waals surface area contributed by atoms with E-state index in [9.17, 15) is 5.11 Å². The van der Waals surface area contributed by atoms with Gasteiger partial charge in [-0.05, 0) is 25.8 Å². The van der Waals surface area contributed by atoms with Crippen molar-refractivity contribution in [1.29, 1.82) is 0 Å². The zero-order chi connectivity index (χ0) is 13.9. The lowest BCUT2D eigenvalue weighted by Crippen LogP contribution is -2.32. The van der Waals surface area contributed by atoms with Gasteiger partial charge in [0.1, 0.15) is 0 Å². The Balaban J connectivity index is 2.35. The molecule has 0 aliphatic carbocycles. The van der Waals surface area contributed by atoms with E-state index in [1.165, 1.54) is 10.4 Å². The number of aromatic nitrogens is 1. The summed E-state index contributed by atoms with van der Waals surface area (Å²) in [7, 11) is 0. The summed E-state index contributed by atoms with van der Waals surface area (Å²) in [5, 5.41) is 11.1. The van der Waals surface area contributed by atoms with Crippen LogP contribution in [0.5, 0.6) is 0 Å². The van der Waals surface area contributed by atoms with E-state index in [0.717, 1.165) is 23.5 Å². The number of hydrogen-bond donors (Lipinski definition) is 1. The quantitative estimate of drug-likeness (QED) is 0.903. The molecule has 1 aromatic heterocycles. The van der Waals surface area contributed by atoms with Crippen molar-refractivity contribution in [2.75, 3.05) is 6.61 Å². The second-order valence-electron chi connectivity index (χ2n) is 5.08. The standard InChI is InChI=1S/C16H21NOS/c1-4-16(11-18,14-8-6-5-7-9-14)10-15-17-12(2)13(3)19-15/h5-9,18H,4,10-11H2,1-3H3. The fraction of sp³-hybridized carbons (Fsp3) is 0.438. The lowest BCUT2D eigenvalue weighted by Gasteiger charge is -2.30. The molecule has 1 atom stereocenters. The average Bonchev–Trinajstić information content (AvgIpc) is 2.76. The van der Waals surface area contributed by atoms with Crippen molar-refractivity contribution in [3.8, 4) is 0 Å². The van der Waals surface area contributed by atoms with Gasteiger partial charge in [0.15, 0.2) is 0 Å². The van der Waals surface area contributed by atoms with E-state index in [0.29, 0.717) is 0 Å². The Kier molecular flexibility index (Phi) is 4.38. The van der Waals surface area contributed by atoms with Gasteiger partial charge in [0.2, 0.25) is 0 Å². The summed E-state index contributed by atoms with van der Waals surface area (Å²) >= 11 is 1.74. The topological polar surface area (TPSA) is 33.1 Å². The summed E-state index contributed by atoms with van der Waals surface area (Å²) < 4.78 is 0. The second kappa shape index (κ2) is 5.85.